The number of thiophene rings is 1. The number of nitrogens with two attached hydrogens (primary N) is 1. The molecule has 0 spiro atoms. The van der Waals surface area contributed by atoms with Gasteiger partial charge in [-0.05, 0) is 54.8 Å². The summed E-state index contributed by atoms with van der Waals surface area (Å²) in [6.07, 6.45) is 1.98. The molecule has 1 saturated heterocycles. The van der Waals surface area contributed by atoms with Gasteiger partial charge in [0.05, 0.1) is 14.2 Å². The first-order chi connectivity index (χ1) is 7.93. The molecule has 0 bridgehead atoms. The maximum absolute atomic E-state index is 12.4. The van der Waals surface area contributed by atoms with E-state index in [-0.39, 0.29) is 17.5 Å². The quantitative estimate of drug-likeness (QED) is 0.866. The molecule has 1 atom stereocenters. The zero-order valence-electron chi connectivity index (χ0n) is 10.1. The number of carbonyl (C=O) groups excluding carboxylic acids is 1. The van der Waals surface area contributed by atoms with E-state index in [4.69, 9.17) is 5.73 Å². The van der Waals surface area contributed by atoms with Crippen molar-refractivity contribution < 1.29 is 4.79 Å². The van der Waals surface area contributed by atoms with Crippen LogP contribution in [0, 0.1) is 0 Å². The van der Waals surface area contributed by atoms with E-state index in [9.17, 15) is 4.79 Å². The Kier molecular flexibility index (Phi) is 3.61. The van der Waals surface area contributed by atoms with Crippen LogP contribution in [0.1, 0.15) is 36.4 Å². The van der Waals surface area contributed by atoms with Crippen LogP contribution in [0.4, 0.5) is 0 Å². The summed E-state index contributed by atoms with van der Waals surface area (Å²) in [6, 6.07) is 3.84. The first kappa shape index (κ1) is 13.1. The maximum Gasteiger partial charge on any atom is 0.264 e. The van der Waals surface area contributed by atoms with Crippen LogP contribution < -0.4 is 5.73 Å². The van der Waals surface area contributed by atoms with E-state index in [1.54, 1.807) is 0 Å². The van der Waals surface area contributed by atoms with E-state index in [1.165, 1.54) is 11.3 Å². The average molecular weight is 317 g/mol. The van der Waals surface area contributed by atoms with Gasteiger partial charge in [-0.1, -0.05) is 0 Å². The number of nitrogens with zero attached hydrogens (tertiary/aromatic N) is 1. The minimum atomic E-state index is -0.258. The van der Waals surface area contributed by atoms with Gasteiger partial charge in [-0.2, -0.15) is 0 Å². The highest BCUT2D eigenvalue weighted by atomic mass is 79.9. The van der Waals surface area contributed by atoms with Crippen LogP contribution in [0.15, 0.2) is 15.9 Å². The van der Waals surface area contributed by atoms with Crippen LogP contribution in [0.3, 0.4) is 0 Å². The Labute approximate surface area is 114 Å². The van der Waals surface area contributed by atoms with E-state index < -0.39 is 0 Å². The van der Waals surface area contributed by atoms with Gasteiger partial charge in [-0.15, -0.1) is 11.3 Å². The van der Waals surface area contributed by atoms with Crippen LogP contribution in [-0.4, -0.2) is 28.9 Å². The molecule has 1 aromatic heterocycles. The predicted octanol–water partition coefficient (Wildman–Crippen LogP) is 2.85. The largest absolute Gasteiger partial charge is 0.331 e. The summed E-state index contributed by atoms with van der Waals surface area (Å²) >= 11 is 4.86. The molecule has 2 heterocycles. The molecular weight excluding hydrogens is 300 g/mol. The summed E-state index contributed by atoms with van der Waals surface area (Å²) in [7, 11) is 0. The molecule has 17 heavy (non-hydrogen) atoms. The summed E-state index contributed by atoms with van der Waals surface area (Å²) in [5.74, 6) is 0.0980. The number of piperidine rings is 1. The van der Waals surface area contributed by atoms with Crippen molar-refractivity contribution in [2.75, 3.05) is 6.54 Å². The zero-order valence-corrected chi connectivity index (χ0v) is 12.5. The molecule has 0 aromatic carbocycles. The van der Waals surface area contributed by atoms with Crippen molar-refractivity contribution in [3.63, 3.8) is 0 Å². The average Bonchev–Trinajstić information content (AvgIpc) is 2.68. The first-order valence-electron chi connectivity index (χ1n) is 5.76. The molecule has 1 fully saturated rings. The number of rotatable bonds is 1. The summed E-state index contributed by atoms with van der Waals surface area (Å²) in [4.78, 5) is 15.1. The Bertz CT molecular complexity index is 430. The number of hydrogen-bond acceptors (Lipinski definition) is 3. The SMILES string of the molecule is CC1(C)C(N)CCCN1C(=O)c1ccc(Br)s1. The molecule has 0 saturated carbocycles. The number of carbonyl (C=O) groups is 1. The second kappa shape index (κ2) is 4.71. The molecule has 0 aliphatic carbocycles. The van der Waals surface area contributed by atoms with E-state index in [1.807, 2.05) is 17.0 Å². The van der Waals surface area contributed by atoms with Crippen LogP contribution in [0.25, 0.3) is 0 Å². The third kappa shape index (κ3) is 2.41. The van der Waals surface area contributed by atoms with E-state index >= 15 is 0 Å². The second-order valence-corrected chi connectivity index (χ2v) is 7.43. The van der Waals surface area contributed by atoms with Gasteiger partial charge in [-0.3, -0.25) is 4.79 Å². The molecule has 5 heteroatoms. The highest BCUT2D eigenvalue weighted by Crippen LogP contribution is 2.30. The van der Waals surface area contributed by atoms with Gasteiger partial charge in [0.25, 0.3) is 5.91 Å². The Hall–Kier alpha value is -0.390. The fourth-order valence-corrected chi connectivity index (χ4v) is 3.57. The van der Waals surface area contributed by atoms with Crippen molar-refractivity contribution in [3.05, 3.63) is 20.8 Å². The van der Waals surface area contributed by atoms with Gasteiger partial charge in [0.15, 0.2) is 0 Å². The maximum atomic E-state index is 12.4. The van der Waals surface area contributed by atoms with Gasteiger partial charge in [0, 0.05) is 12.6 Å². The Morgan fingerprint density at radius 2 is 2.29 bits per heavy atom. The van der Waals surface area contributed by atoms with Gasteiger partial charge in [0.1, 0.15) is 0 Å². The highest BCUT2D eigenvalue weighted by Gasteiger charge is 2.39. The highest BCUT2D eigenvalue weighted by molar-refractivity contribution is 9.11. The smallest absolute Gasteiger partial charge is 0.264 e. The standard InChI is InChI=1S/C12H17BrN2OS/c1-12(2)9(14)4-3-7-15(12)11(16)8-5-6-10(13)17-8/h5-6,9H,3-4,7,14H2,1-2H3. The molecule has 1 aliphatic rings. The summed E-state index contributed by atoms with van der Waals surface area (Å²) < 4.78 is 0.986. The minimum absolute atomic E-state index is 0.0589. The lowest BCUT2D eigenvalue weighted by Crippen LogP contribution is -2.61. The lowest BCUT2D eigenvalue weighted by atomic mass is 9.85. The van der Waals surface area contributed by atoms with Gasteiger partial charge < -0.3 is 10.6 Å². The molecule has 1 aliphatic heterocycles. The van der Waals surface area contributed by atoms with Gasteiger partial charge in [-0.25, -0.2) is 0 Å². The topological polar surface area (TPSA) is 46.3 Å². The summed E-state index contributed by atoms with van der Waals surface area (Å²) in [5.41, 5.74) is 5.87. The van der Waals surface area contributed by atoms with Crippen LogP contribution in [0.5, 0.6) is 0 Å². The van der Waals surface area contributed by atoms with Crippen molar-refractivity contribution in [1.29, 1.82) is 0 Å². The number of hydrogen-bond donors (Lipinski definition) is 1. The Morgan fingerprint density at radius 1 is 1.59 bits per heavy atom. The Morgan fingerprint density at radius 3 is 2.88 bits per heavy atom. The van der Waals surface area contributed by atoms with Crippen LogP contribution in [-0.2, 0) is 0 Å². The predicted molar refractivity (Wildman–Crippen MR) is 74.3 cm³/mol. The fourth-order valence-electron chi connectivity index (χ4n) is 2.24. The molecule has 1 amide bonds. The molecule has 94 valence electrons. The van der Waals surface area contributed by atoms with E-state index in [0.29, 0.717) is 0 Å². The van der Waals surface area contributed by atoms with E-state index in [0.717, 1.165) is 28.0 Å². The monoisotopic (exact) mass is 316 g/mol. The molecule has 1 unspecified atom stereocenters. The lowest BCUT2D eigenvalue weighted by molar-refractivity contribution is 0.0367. The fraction of sp³-hybridized carbons (Fsp3) is 0.583. The molecule has 2 rings (SSSR count). The van der Waals surface area contributed by atoms with Crippen LogP contribution >= 0.6 is 27.3 Å². The molecule has 1 aromatic rings. The number of likely N-dealkylation sites (tertiary alicyclic amines) is 1. The van der Waals surface area contributed by atoms with Crippen molar-refractivity contribution >= 4 is 33.2 Å². The normalized spacial score (nSPS) is 23.8. The number of amides is 1. The van der Waals surface area contributed by atoms with Gasteiger partial charge >= 0.3 is 0 Å². The molecule has 2 N–H and O–H groups in total. The van der Waals surface area contributed by atoms with Crippen LogP contribution in [0.2, 0.25) is 0 Å². The van der Waals surface area contributed by atoms with Crippen molar-refractivity contribution in [1.82, 2.24) is 4.90 Å². The number of halogens is 1. The van der Waals surface area contributed by atoms with Crippen molar-refractivity contribution in [2.24, 2.45) is 5.73 Å². The zero-order chi connectivity index (χ0) is 12.6. The lowest BCUT2D eigenvalue weighted by Gasteiger charge is -2.46. The Balaban J connectivity index is 2.24. The third-order valence-electron chi connectivity index (χ3n) is 3.53. The third-order valence-corrected chi connectivity index (χ3v) is 5.14. The van der Waals surface area contributed by atoms with Crippen molar-refractivity contribution in [3.8, 4) is 0 Å². The molecule has 0 radical (unpaired) electrons. The molecular formula is C12H17BrN2OS. The second-order valence-electron chi connectivity index (χ2n) is 4.96. The summed E-state index contributed by atoms with van der Waals surface area (Å²) in [5, 5.41) is 0. The van der Waals surface area contributed by atoms with E-state index in [2.05, 4.69) is 29.8 Å². The summed E-state index contributed by atoms with van der Waals surface area (Å²) in [6.45, 7) is 4.91. The molecule has 3 nitrogen and oxygen atoms in total. The minimum Gasteiger partial charge on any atom is -0.331 e. The van der Waals surface area contributed by atoms with Crippen molar-refractivity contribution in [2.45, 2.75) is 38.3 Å². The first-order valence-corrected chi connectivity index (χ1v) is 7.37. The van der Waals surface area contributed by atoms with Gasteiger partial charge in [0.2, 0.25) is 0 Å².